The van der Waals surface area contributed by atoms with Crippen LogP contribution in [0.3, 0.4) is 0 Å². The SMILES string of the molecule is COC1=C[C]OC1. The predicted octanol–water partition coefficient (Wildman–Crippen LogP) is 0.586. The fourth-order valence-corrected chi connectivity index (χ4v) is 0.380. The highest BCUT2D eigenvalue weighted by Crippen LogP contribution is 2.06. The van der Waals surface area contributed by atoms with Crippen LogP contribution < -0.4 is 0 Å². The molecule has 0 amide bonds. The van der Waals surface area contributed by atoms with Crippen LogP contribution in [0.1, 0.15) is 0 Å². The lowest BCUT2D eigenvalue weighted by molar-refractivity contribution is 0.198. The number of hydrogen-bond donors (Lipinski definition) is 0. The average Bonchev–Trinajstić information content (AvgIpc) is 2.14. The van der Waals surface area contributed by atoms with Gasteiger partial charge in [0.25, 0.3) is 0 Å². The van der Waals surface area contributed by atoms with Crippen LogP contribution in [-0.2, 0) is 9.47 Å². The van der Waals surface area contributed by atoms with Gasteiger partial charge in [0.05, 0.1) is 7.11 Å². The molecule has 0 aromatic heterocycles. The van der Waals surface area contributed by atoms with E-state index in [1.165, 1.54) is 0 Å². The third-order valence-electron chi connectivity index (χ3n) is 0.780. The first-order chi connectivity index (χ1) is 3.43. The molecule has 1 rings (SSSR count). The molecule has 2 radical (unpaired) electrons. The van der Waals surface area contributed by atoms with Crippen LogP contribution in [0, 0.1) is 6.61 Å². The third kappa shape index (κ3) is 0.933. The number of hydrogen-bond acceptors (Lipinski definition) is 2. The Kier molecular flexibility index (Phi) is 1.32. The summed E-state index contributed by atoms with van der Waals surface area (Å²) in [5.74, 6) is 0.833. The van der Waals surface area contributed by atoms with E-state index < -0.39 is 0 Å². The summed E-state index contributed by atoms with van der Waals surface area (Å²) in [5, 5.41) is 0. The zero-order valence-electron chi connectivity index (χ0n) is 4.10. The van der Waals surface area contributed by atoms with Gasteiger partial charge in [-0.25, -0.2) is 0 Å². The molecule has 0 atom stereocenters. The first-order valence-corrected chi connectivity index (χ1v) is 2.04. The summed E-state index contributed by atoms with van der Waals surface area (Å²) >= 11 is 0. The van der Waals surface area contributed by atoms with E-state index in [0.29, 0.717) is 6.61 Å². The standard InChI is InChI=1S/C5H6O2/c1-6-5-2-3-7-4-5/h2H,4H2,1H3. The summed E-state index contributed by atoms with van der Waals surface area (Å²) < 4.78 is 9.47. The molecule has 1 heterocycles. The van der Waals surface area contributed by atoms with Gasteiger partial charge in [-0.05, 0) is 6.08 Å². The molecule has 1 aliphatic rings. The molecule has 0 aromatic rings. The van der Waals surface area contributed by atoms with E-state index in [2.05, 4.69) is 11.3 Å². The second-order valence-electron chi connectivity index (χ2n) is 1.22. The number of rotatable bonds is 1. The molecule has 0 unspecified atom stereocenters. The first-order valence-electron chi connectivity index (χ1n) is 2.04. The fourth-order valence-electron chi connectivity index (χ4n) is 0.380. The van der Waals surface area contributed by atoms with Crippen LogP contribution in [0.5, 0.6) is 0 Å². The minimum atomic E-state index is 0.538. The normalized spacial score (nSPS) is 19.3. The highest BCUT2D eigenvalue weighted by molar-refractivity contribution is 5.03. The third-order valence-corrected chi connectivity index (χ3v) is 0.780. The molecule has 38 valence electrons. The van der Waals surface area contributed by atoms with Crippen LogP contribution in [0.2, 0.25) is 0 Å². The van der Waals surface area contributed by atoms with Crippen molar-refractivity contribution in [2.75, 3.05) is 13.7 Å². The predicted molar refractivity (Wildman–Crippen MR) is 24.3 cm³/mol. The van der Waals surface area contributed by atoms with Crippen molar-refractivity contribution in [3.63, 3.8) is 0 Å². The van der Waals surface area contributed by atoms with E-state index in [4.69, 9.17) is 4.74 Å². The molecule has 2 nitrogen and oxygen atoms in total. The van der Waals surface area contributed by atoms with Crippen molar-refractivity contribution in [2.45, 2.75) is 0 Å². The lowest BCUT2D eigenvalue weighted by atomic mass is 10.5. The minimum absolute atomic E-state index is 0.538. The Morgan fingerprint density at radius 1 is 2.00 bits per heavy atom. The van der Waals surface area contributed by atoms with Gasteiger partial charge in [0.2, 0.25) is 0 Å². The highest BCUT2D eigenvalue weighted by Gasteiger charge is 2.02. The second-order valence-corrected chi connectivity index (χ2v) is 1.22. The van der Waals surface area contributed by atoms with Gasteiger partial charge in [0, 0.05) is 0 Å². The van der Waals surface area contributed by atoms with Crippen molar-refractivity contribution in [1.82, 2.24) is 0 Å². The summed E-state index contributed by atoms with van der Waals surface area (Å²) in [6.07, 6.45) is 1.68. The Morgan fingerprint density at radius 3 is 3.14 bits per heavy atom. The number of methoxy groups -OCH3 is 1. The maximum absolute atomic E-state index is 4.78. The molecular formula is C5H6O2. The zero-order valence-corrected chi connectivity index (χ0v) is 4.10. The van der Waals surface area contributed by atoms with Gasteiger partial charge in [0.15, 0.2) is 6.61 Å². The summed E-state index contributed by atoms with van der Waals surface area (Å²) in [4.78, 5) is 0. The highest BCUT2D eigenvalue weighted by atomic mass is 16.5. The number of ether oxygens (including phenoxy) is 2. The summed E-state index contributed by atoms with van der Waals surface area (Å²) in [5.41, 5.74) is 0. The van der Waals surface area contributed by atoms with Crippen LogP contribution >= 0.6 is 0 Å². The Hall–Kier alpha value is -0.500. The molecule has 0 aliphatic carbocycles. The molecule has 0 bridgehead atoms. The summed E-state index contributed by atoms with van der Waals surface area (Å²) in [6, 6.07) is 0. The Balaban J connectivity index is 2.36. The Labute approximate surface area is 42.7 Å². The van der Waals surface area contributed by atoms with Gasteiger partial charge in [-0.15, -0.1) is 0 Å². The minimum Gasteiger partial charge on any atom is -0.499 e. The van der Waals surface area contributed by atoms with E-state index in [-0.39, 0.29) is 0 Å². The van der Waals surface area contributed by atoms with Crippen molar-refractivity contribution < 1.29 is 9.47 Å². The molecule has 2 heteroatoms. The lowest BCUT2D eigenvalue weighted by Crippen LogP contribution is -1.87. The largest absolute Gasteiger partial charge is 0.499 e. The molecule has 0 saturated heterocycles. The molecule has 0 aromatic carbocycles. The second kappa shape index (κ2) is 1.98. The van der Waals surface area contributed by atoms with Crippen molar-refractivity contribution in [3.05, 3.63) is 18.4 Å². The monoisotopic (exact) mass is 98.0 g/mol. The van der Waals surface area contributed by atoms with Crippen LogP contribution in [-0.4, -0.2) is 13.7 Å². The van der Waals surface area contributed by atoms with Gasteiger partial charge in [-0.2, -0.15) is 0 Å². The molecule has 7 heavy (non-hydrogen) atoms. The van der Waals surface area contributed by atoms with E-state index in [9.17, 15) is 0 Å². The Bertz CT molecular complexity index is 86.1. The lowest BCUT2D eigenvalue weighted by Gasteiger charge is -1.93. The maximum Gasteiger partial charge on any atom is 0.162 e. The van der Waals surface area contributed by atoms with Crippen LogP contribution in [0.15, 0.2) is 11.8 Å². The smallest absolute Gasteiger partial charge is 0.162 e. The van der Waals surface area contributed by atoms with Gasteiger partial charge in [-0.3, -0.25) is 0 Å². The van der Waals surface area contributed by atoms with Crippen molar-refractivity contribution in [2.24, 2.45) is 0 Å². The Morgan fingerprint density at radius 2 is 2.86 bits per heavy atom. The molecule has 0 N–H and O–H groups in total. The van der Waals surface area contributed by atoms with Gasteiger partial charge >= 0.3 is 0 Å². The topological polar surface area (TPSA) is 18.5 Å². The molecule has 0 spiro atoms. The maximum atomic E-state index is 4.78. The zero-order chi connectivity index (χ0) is 5.11. The van der Waals surface area contributed by atoms with Gasteiger partial charge in [0.1, 0.15) is 12.4 Å². The average molecular weight is 98.1 g/mol. The first kappa shape index (κ1) is 4.65. The summed E-state index contributed by atoms with van der Waals surface area (Å²) in [6.45, 7) is 3.07. The quantitative estimate of drug-likeness (QED) is 0.477. The van der Waals surface area contributed by atoms with Gasteiger partial charge in [-0.1, -0.05) is 0 Å². The molecule has 0 saturated carbocycles. The van der Waals surface area contributed by atoms with E-state index >= 15 is 0 Å². The molecular weight excluding hydrogens is 92.1 g/mol. The fraction of sp³-hybridized carbons (Fsp3) is 0.400. The van der Waals surface area contributed by atoms with Crippen molar-refractivity contribution in [1.29, 1.82) is 0 Å². The summed E-state index contributed by atoms with van der Waals surface area (Å²) in [7, 11) is 1.61. The molecule has 1 aliphatic heterocycles. The molecule has 0 fully saturated rings. The van der Waals surface area contributed by atoms with E-state index in [1.54, 1.807) is 13.2 Å². The van der Waals surface area contributed by atoms with E-state index in [1.807, 2.05) is 0 Å². The van der Waals surface area contributed by atoms with Crippen LogP contribution in [0.4, 0.5) is 0 Å². The van der Waals surface area contributed by atoms with Crippen LogP contribution in [0.25, 0.3) is 0 Å². The van der Waals surface area contributed by atoms with Crippen molar-refractivity contribution in [3.8, 4) is 0 Å². The van der Waals surface area contributed by atoms with Crippen molar-refractivity contribution >= 4 is 0 Å². The van der Waals surface area contributed by atoms with Gasteiger partial charge < -0.3 is 9.47 Å². The van der Waals surface area contributed by atoms with E-state index in [0.717, 1.165) is 5.76 Å².